The Bertz CT molecular complexity index is 212. The molecule has 17 heavy (non-hydrogen) atoms. The number of hydrogen-bond donors (Lipinski definition) is 1. The molecule has 0 radical (unpaired) electrons. The van der Waals surface area contributed by atoms with E-state index in [1.807, 2.05) is 0 Å². The van der Waals surface area contributed by atoms with E-state index in [9.17, 15) is 5.11 Å². The first-order chi connectivity index (χ1) is 8.10. The lowest BCUT2D eigenvalue weighted by atomic mass is 9.79. The van der Waals surface area contributed by atoms with Crippen LogP contribution in [0.25, 0.3) is 0 Å². The Morgan fingerprint density at radius 2 is 1.71 bits per heavy atom. The van der Waals surface area contributed by atoms with Crippen LogP contribution in [-0.4, -0.2) is 48.0 Å². The molecule has 2 unspecified atom stereocenters. The molecule has 0 aromatic rings. The fourth-order valence-corrected chi connectivity index (χ4v) is 2.94. The van der Waals surface area contributed by atoms with Crippen molar-refractivity contribution in [2.45, 2.75) is 58.6 Å². The fraction of sp³-hybridized carbons (Fsp3) is 1.00. The number of aliphatic hydroxyl groups is 1. The van der Waals surface area contributed by atoms with Crippen LogP contribution in [0.4, 0.5) is 0 Å². The van der Waals surface area contributed by atoms with Gasteiger partial charge >= 0.3 is 0 Å². The average Bonchev–Trinajstić information content (AvgIpc) is 2.40. The lowest BCUT2D eigenvalue weighted by Gasteiger charge is -2.48. The summed E-state index contributed by atoms with van der Waals surface area (Å²) in [5, 5.41) is 10.7. The van der Waals surface area contributed by atoms with Crippen LogP contribution in [0, 0.1) is 5.92 Å². The molecule has 0 spiro atoms. The Balaban J connectivity index is 2.77. The van der Waals surface area contributed by atoms with Gasteiger partial charge in [-0.25, -0.2) is 0 Å². The van der Waals surface area contributed by atoms with Gasteiger partial charge in [-0.2, -0.15) is 0 Å². The van der Waals surface area contributed by atoms with Crippen LogP contribution in [0.2, 0.25) is 0 Å². The summed E-state index contributed by atoms with van der Waals surface area (Å²) in [5.74, 6) is 0.405. The maximum absolute atomic E-state index is 10.7. The van der Waals surface area contributed by atoms with Gasteiger partial charge in [-0.05, 0) is 19.3 Å². The molecule has 3 heteroatoms. The minimum Gasteiger partial charge on any atom is -0.391 e. The second kappa shape index (κ2) is 6.72. The average molecular weight is 243 g/mol. The summed E-state index contributed by atoms with van der Waals surface area (Å²) in [6.45, 7) is 12.2. The highest BCUT2D eigenvalue weighted by atomic mass is 16.5. The molecule has 2 atom stereocenters. The van der Waals surface area contributed by atoms with Gasteiger partial charge in [0.1, 0.15) is 0 Å². The highest BCUT2D eigenvalue weighted by Crippen LogP contribution is 2.31. The molecular formula is C14H29NO2. The molecule has 0 aromatic heterocycles. The van der Waals surface area contributed by atoms with Gasteiger partial charge in [0.05, 0.1) is 19.3 Å². The largest absolute Gasteiger partial charge is 0.391 e. The summed E-state index contributed by atoms with van der Waals surface area (Å²) < 4.78 is 5.41. The Hall–Kier alpha value is -0.120. The lowest BCUT2D eigenvalue weighted by molar-refractivity contribution is -0.0913. The van der Waals surface area contributed by atoms with E-state index in [0.717, 1.165) is 45.6 Å². The van der Waals surface area contributed by atoms with Gasteiger partial charge in [0.2, 0.25) is 0 Å². The molecule has 0 aromatic carbocycles. The molecule has 1 aliphatic rings. The van der Waals surface area contributed by atoms with E-state index >= 15 is 0 Å². The Morgan fingerprint density at radius 3 is 2.12 bits per heavy atom. The van der Waals surface area contributed by atoms with E-state index < -0.39 is 0 Å². The maximum Gasteiger partial charge on any atom is 0.0748 e. The maximum atomic E-state index is 10.7. The highest BCUT2D eigenvalue weighted by Gasteiger charge is 2.40. The number of morpholine rings is 1. The zero-order valence-corrected chi connectivity index (χ0v) is 11.9. The van der Waals surface area contributed by atoms with E-state index in [1.165, 1.54) is 0 Å². The molecule has 102 valence electrons. The van der Waals surface area contributed by atoms with Crippen LogP contribution in [0.3, 0.4) is 0 Å². The van der Waals surface area contributed by atoms with E-state index in [0.29, 0.717) is 5.92 Å². The van der Waals surface area contributed by atoms with Crippen LogP contribution >= 0.6 is 0 Å². The first-order valence-corrected chi connectivity index (χ1v) is 7.10. The van der Waals surface area contributed by atoms with Crippen LogP contribution in [-0.2, 0) is 4.74 Å². The number of aliphatic hydroxyl groups excluding tert-OH is 1. The highest BCUT2D eigenvalue weighted by molar-refractivity contribution is 4.95. The zero-order chi connectivity index (χ0) is 12.9. The third-order valence-electron chi connectivity index (χ3n) is 4.58. The number of rotatable bonds is 6. The monoisotopic (exact) mass is 243 g/mol. The standard InChI is InChI=1S/C14H29NO2/c1-5-12(6-2)13(16)14(4,7-3)15-8-10-17-11-9-15/h12-13,16H,5-11H2,1-4H3. The third-order valence-corrected chi connectivity index (χ3v) is 4.58. The van der Waals surface area contributed by atoms with Crippen LogP contribution < -0.4 is 0 Å². The van der Waals surface area contributed by atoms with Crippen LogP contribution in [0.1, 0.15) is 47.0 Å². The second-order valence-electron chi connectivity index (χ2n) is 5.33. The van der Waals surface area contributed by atoms with Crippen molar-refractivity contribution in [1.82, 2.24) is 4.90 Å². The molecule has 0 amide bonds. The molecule has 0 saturated carbocycles. The first-order valence-electron chi connectivity index (χ1n) is 7.10. The van der Waals surface area contributed by atoms with E-state index in [-0.39, 0.29) is 11.6 Å². The van der Waals surface area contributed by atoms with Crippen molar-refractivity contribution in [3.63, 3.8) is 0 Å². The van der Waals surface area contributed by atoms with Gasteiger partial charge in [-0.15, -0.1) is 0 Å². The predicted octanol–water partition coefficient (Wildman–Crippen LogP) is 2.28. The van der Waals surface area contributed by atoms with Gasteiger partial charge in [0, 0.05) is 18.6 Å². The Kier molecular flexibility index (Phi) is 5.90. The smallest absolute Gasteiger partial charge is 0.0748 e. The topological polar surface area (TPSA) is 32.7 Å². The summed E-state index contributed by atoms with van der Waals surface area (Å²) in [5.41, 5.74) is -0.0968. The number of nitrogens with zero attached hydrogens (tertiary/aromatic N) is 1. The number of hydrogen-bond acceptors (Lipinski definition) is 3. The number of ether oxygens (including phenoxy) is 1. The molecule has 1 aliphatic heterocycles. The van der Waals surface area contributed by atoms with Crippen molar-refractivity contribution in [2.24, 2.45) is 5.92 Å². The summed E-state index contributed by atoms with van der Waals surface area (Å²) in [6.07, 6.45) is 2.86. The summed E-state index contributed by atoms with van der Waals surface area (Å²) in [6, 6.07) is 0. The fourth-order valence-electron chi connectivity index (χ4n) is 2.94. The van der Waals surface area contributed by atoms with Crippen molar-refractivity contribution in [1.29, 1.82) is 0 Å². The normalized spacial score (nSPS) is 23.6. The molecular weight excluding hydrogens is 214 g/mol. The van der Waals surface area contributed by atoms with Gasteiger partial charge < -0.3 is 9.84 Å². The Labute approximate surface area is 106 Å². The second-order valence-corrected chi connectivity index (χ2v) is 5.33. The minimum absolute atomic E-state index is 0.0968. The quantitative estimate of drug-likeness (QED) is 0.777. The summed E-state index contributed by atoms with van der Waals surface area (Å²) in [7, 11) is 0. The lowest BCUT2D eigenvalue weighted by Crippen LogP contribution is -2.59. The van der Waals surface area contributed by atoms with Gasteiger partial charge in [-0.3, -0.25) is 4.90 Å². The van der Waals surface area contributed by atoms with Crippen molar-refractivity contribution in [3.05, 3.63) is 0 Å². The van der Waals surface area contributed by atoms with E-state index in [1.54, 1.807) is 0 Å². The van der Waals surface area contributed by atoms with Crippen molar-refractivity contribution >= 4 is 0 Å². The molecule has 3 nitrogen and oxygen atoms in total. The SMILES string of the molecule is CCC(CC)C(O)C(C)(CC)N1CCOCC1. The predicted molar refractivity (Wildman–Crippen MR) is 71.2 cm³/mol. The van der Waals surface area contributed by atoms with Crippen molar-refractivity contribution < 1.29 is 9.84 Å². The van der Waals surface area contributed by atoms with Crippen molar-refractivity contribution in [2.75, 3.05) is 26.3 Å². The van der Waals surface area contributed by atoms with Gasteiger partial charge in [0.25, 0.3) is 0 Å². The van der Waals surface area contributed by atoms with Gasteiger partial charge in [0.15, 0.2) is 0 Å². The van der Waals surface area contributed by atoms with Crippen molar-refractivity contribution in [3.8, 4) is 0 Å². The molecule has 1 rings (SSSR count). The molecule has 0 aliphatic carbocycles. The molecule has 0 bridgehead atoms. The Morgan fingerprint density at radius 1 is 1.18 bits per heavy atom. The molecule has 1 heterocycles. The first kappa shape index (κ1) is 14.9. The van der Waals surface area contributed by atoms with Gasteiger partial charge in [-0.1, -0.05) is 33.6 Å². The molecule has 1 fully saturated rings. The van der Waals surface area contributed by atoms with E-state index in [2.05, 4.69) is 32.6 Å². The third kappa shape index (κ3) is 3.21. The van der Waals surface area contributed by atoms with Crippen LogP contribution in [0.5, 0.6) is 0 Å². The summed E-state index contributed by atoms with van der Waals surface area (Å²) in [4.78, 5) is 2.42. The summed E-state index contributed by atoms with van der Waals surface area (Å²) >= 11 is 0. The van der Waals surface area contributed by atoms with Crippen LogP contribution in [0.15, 0.2) is 0 Å². The molecule has 1 N–H and O–H groups in total. The van der Waals surface area contributed by atoms with E-state index in [4.69, 9.17) is 4.74 Å². The zero-order valence-electron chi connectivity index (χ0n) is 11.9. The minimum atomic E-state index is -0.236. The molecule has 1 saturated heterocycles.